The van der Waals surface area contributed by atoms with Gasteiger partial charge in [0.1, 0.15) is 0 Å². The summed E-state index contributed by atoms with van der Waals surface area (Å²) in [7, 11) is 0. The SMILES string of the molecule is NC(=S)Nn1c(=S)[nH]c2ccccc2c1=O. The minimum absolute atomic E-state index is 0.0168. The number of nitrogens with one attached hydrogen (secondary N) is 2. The van der Waals surface area contributed by atoms with Gasteiger partial charge in [-0.2, -0.15) is 4.68 Å². The molecule has 1 aromatic carbocycles. The highest BCUT2D eigenvalue weighted by Gasteiger charge is 2.04. The lowest BCUT2D eigenvalue weighted by Crippen LogP contribution is -2.37. The zero-order valence-corrected chi connectivity index (χ0v) is 9.69. The maximum absolute atomic E-state index is 12.0. The monoisotopic (exact) mass is 252 g/mol. The van der Waals surface area contributed by atoms with E-state index in [0.717, 1.165) is 4.68 Å². The van der Waals surface area contributed by atoms with Crippen molar-refractivity contribution in [2.45, 2.75) is 0 Å². The molecule has 0 atom stereocenters. The van der Waals surface area contributed by atoms with E-state index >= 15 is 0 Å². The van der Waals surface area contributed by atoms with Gasteiger partial charge in [0.2, 0.25) is 0 Å². The first-order chi connectivity index (χ1) is 7.59. The Bertz CT molecular complexity index is 673. The van der Waals surface area contributed by atoms with Gasteiger partial charge < -0.3 is 10.7 Å². The molecular weight excluding hydrogens is 244 g/mol. The van der Waals surface area contributed by atoms with Crippen molar-refractivity contribution in [3.63, 3.8) is 0 Å². The Balaban J connectivity index is 2.81. The van der Waals surface area contributed by atoms with Gasteiger partial charge in [0.25, 0.3) is 5.56 Å². The van der Waals surface area contributed by atoms with Crippen LogP contribution >= 0.6 is 24.4 Å². The summed E-state index contributed by atoms with van der Waals surface area (Å²) in [5.74, 6) is 0. The van der Waals surface area contributed by atoms with Crippen LogP contribution < -0.4 is 16.7 Å². The fourth-order valence-corrected chi connectivity index (χ4v) is 1.70. The number of aromatic nitrogens is 2. The van der Waals surface area contributed by atoms with Gasteiger partial charge in [-0.15, -0.1) is 0 Å². The lowest BCUT2D eigenvalue weighted by atomic mass is 10.2. The van der Waals surface area contributed by atoms with Crippen LogP contribution in [0.1, 0.15) is 0 Å². The largest absolute Gasteiger partial charge is 0.375 e. The molecule has 0 saturated carbocycles. The summed E-state index contributed by atoms with van der Waals surface area (Å²) in [5.41, 5.74) is 8.21. The molecule has 0 saturated heterocycles. The highest BCUT2D eigenvalue weighted by molar-refractivity contribution is 7.80. The smallest absolute Gasteiger partial charge is 0.281 e. The molecular formula is C9H8N4OS2. The van der Waals surface area contributed by atoms with Crippen LogP contribution in [0.3, 0.4) is 0 Å². The van der Waals surface area contributed by atoms with Crippen molar-refractivity contribution in [2.75, 3.05) is 5.43 Å². The third-order valence-corrected chi connectivity index (χ3v) is 2.40. The zero-order valence-electron chi connectivity index (χ0n) is 8.06. The Morgan fingerprint density at radius 1 is 1.44 bits per heavy atom. The molecule has 5 nitrogen and oxygen atoms in total. The molecule has 2 aromatic rings. The molecule has 4 N–H and O–H groups in total. The van der Waals surface area contributed by atoms with Crippen molar-refractivity contribution >= 4 is 40.5 Å². The van der Waals surface area contributed by atoms with Crippen molar-refractivity contribution in [3.05, 3.63) is 39.4 Å². The van der Waals surface area contributed by atoms with E-state index in [1.807, 2.05) is 6.07 Å². The van der Waals surface area contributed by atoms with Crippen molar-refractivity contribution in [1.29, 1.82) is 0 Å². The van der Waals surface area contributed by atoms with Gasteiger partial charge in [0.15, 0.2) is 9.88 Å². The lowest BCUT2D eigenvalue weighted by Gasteiger charge is -2.08. The van der Waals surface area contributed by atoms with Crippen LogP contribution in [0.2, 0.25) is 0 Å². The lowest BCUT2D eigenvalue weighted by molar-refractivity contribution is 0.874. The Labute approximate surface area is 101 Å². The molecule has 0 spiro atoms. The first-order valence-electron chi connectivity index (χ1n) is 4.40. The Hall–Kier alpha value is -1.73. The average molecular weight is 252 g/mol. The molecule has 1 aromatic heterocycles. The average Bonchev–Trinajstić information content (AvgIpc) is 2.24. The number of rotatable bonds is 1. The molecule has 0 unspecified atom stereocenters. The molecule has 0 radical (unpaired) electrons. The summed E-state index contributed by atoms with van der Waals surface area (Å²) in [6.45, 7) is 0. The highest BCUT2D eigenvalue weighted by atomic mass is 32.1. The van der Waals surface area contributed by atoms with Crippen molar-refractivity contribution < 1.29 is 0 Å². The molecule has 0 bridgehead atoms. The van der Waals surface area contributed by atoms with Crippen LogP contribution in [0.25, 0.3) is 10.9 Å². The van der Waals surface area contributed by atoms with E-state index in [-0.39, 0.29) is 15.4 Å². The van der Waals surface area contributed by atoms with Crippen LogP contribution in [-0.2, 0) is 0 Å². The first-order valence-corrected chi connectivity index (χ1v) is 5.22. The fraction of sp³-hybridized carbons (Fsp3) is 0. The highest BCUT2D eigenvalue weighted by Crippen LogP contribution is 2.04. The standard InChI is InChI=1S/C9H8N4OS2/c10-8(15)12-13-7(14)5-3-1-2-4-6(5)11-9(13)16/h1-4H,(H,11,16)(H3,10,12,15). The van der Waals surface area contributed by atoms with E-state index in [2.05, 4.69) is 22.6 Å². The van der Waals surface area contributed by atoms with Gasteiger partial charge in [0, 0.05) is 0 Å². The molecule has 0 fully saturated rings. The van der Waals surface area contributed by atoms with Gasteiger partial charge in [-0.05, 0) is 36.6 Å². The summed E-state index contributed by atoms with van der Waals surface area (Å²) in [4.78, 5) is 14.9. The molecule has 2 rings (SSSR count). The van der Waals surface area contributed by atoms with Gasteiger partial charge in [-0.25, -0.2) is 0 Å². The van der Waals surface area contributed by atoms with Gasteiger partial charge in [-0.3, -0.25) is 10.2 Å². The number of hydrogen-bond acceptors (Lipinski definition) is 3. The number of H-pyrrole nitrogens is 1. The van der Waals surface area contributed by atoms with E-state index < -0.39 is 0 Å². The number of nitrogens with two attached hydrogens (primary N) is 1. The van der Waals surface area contributed by atoms with Crippen LogP contribution in [0.15, 0.2) is 29.1 Å². The third-order valence-electron chi connectivity index (χ3n) is 2.03. The van der Waals surface area contributed by atoms with Crippen LogP contribution in [0.4, 0.5) is 0 Å². The number of fused-ring (bicyclic) bond motifs is 1. The molecule has 16 heavy (non-hydrogen) atoms. The van der Waals surface area contributed by atoms with E-state index in [1.165, 1.54) is 0 Å². The first kappa shape index (κ1) is 10.8. The Kier molecular flexibility index (Phi) is 2.71. The van der Waals surface area contributed by atoms with E-state index in [0.29, 0.717) is 10.9 Å². The number of benzene rings is 1. The quantitative estimate of drug-likeness (QED) is 0.656. The molecule has 0 aliphatic carbocycles. The summed E-state index contributed by atoms with van der Waals surface area (Å²) >= 11 is 9.68. The molecule has 1 heterocycles. The topological polar surface area (TPSA) is 75.8 Å². The maximum atomic E-state index is 12.0. The van der Waals surface area contributed by atoms with E-state index in [9.17, 15) is 4.79 Å². The molecule has 82 valence electrons. The number of para-hydroxylation sites is 1. The Morgan fingerprint density at radius 2 is 2.12 bits per heavy atom. The number of aromatic amines is 1. The Morgan fingerprint density at radius 3 is 2.81 bits per heavy atom. The number of hydrogen-bond donors (Lipinski definition) is 3. The second kappa shape index (κ2) is 4.03. The predicted molar refractivity (Wildman–Crippen MR) is 69.5 cm³/mol. The predicted octanol–water partition coefficient (Wildman–Crippen LogP) is 0.846. The summed E-state index contributed by atoms with van der Waals surface area (Å²) in [6, 6.07) is 7.06. The zero-order chi connectivity index (χ0) is 11.7. The minimum Gasteiger partial charge on any atom is -0.375 e. The van der Waals surface area contributed by atoms with E-state index in [1.54, 1.807) is 18.2 Å². The van der Waals surface area contributed by atoms with Gasteiger partial charge >= 0.3 is 0 Å². The molecule has 0 amide bonds. The normalized spacial score (nSPS) is 10.2. The maximum Gasteiger partial charge on any atom is 0.281 e. The van der Waals surface area contributed by atoms with Gasteiger partial charge in [-0.1, -0.05) is 12.1 Å². The van der Waals surface area contributed by atoms with Crippen molar-refractivity contribution in [1.82, 2.24) is 9.66 Å². The van der Waals surface area contributed by atoms with Crippen LogP contribution in [0.5, 0.6) is 0 Å². The second-order valence-corrected chi connectivity index (χ2v) is 3.92. The van der Waals surface area contributed by atoms with Gasteiger partial charge in [0.05, 0.1) is 10.9 Å². The summed E-state index contributed by atoms with van der Waals surface area (Å²) < 4.78 is 1.33. The molecule has 0 aliphatic heterocycles. The molecule has 0 aliphatic rings. The summed E-state index contributed by atoms with van der Waals surface area (Å²) in [5, 5.41) is 0.497. The van der Waals surface area contributed by atoms with Crippen LogP contribution in [0, 0.1) is 4.77 Å². The van der Waals surface area contributed by atoms with Crippen molar-refractivity contribution in [2.24, 2.45) is 5.73 Å². The van der Waals surface area contributed by atoms with Crippen molar-refractivity contribution in [3.8, 4) is 0 Å². The summed E-state index contributed by atoms with van der Waals surface area (Å²) in [6.07, 6.45) is 0. The van der Waals surface area contributed by atoms with E-state index in [4.69, 9.17) is 18.0 Å². The third kappa shape index (κ3) is 1.82. The number of nitrogens with zero attached hydrogens (tertiary/aromatic N) is 1. The fourth-order valence-electron chi connectivity index (χ4n) is 1.37. The van der Waals surface area contributed by atoms with Crippen LogP contribution in [-0.4, -0.2) is 14.8 Å². The second-order valence-electron chi connectivity index (χ2n) is 3.09. The minimum atomic E-state index is -0.285. The molecule has 7 heteroatoms. The number of thiocarbonyl (C=S) groups is 1.